The van der Waals surface area contributed by atoms with Crippen molar-refractivity contribution in [2.24, 2.45) is 0 Å². The summed E-state index contributed by atoms with van der Waals surface area (Å²) in [6.45, 7) is 38.1. The van der Waals surface area contributed by atoms with Crippen LogP contribution in [0.5, 0.6) is 0 Å². The lowest BCUT2D eigenvalue weighted by Gasteiger charge is -2.45. The Morgan fingerprint density at radius 2 is 0.945 bits per heavy atom. The lowest BCUT2D eigenvalue weighted by Crippen LogP contribution is -2.60. The van der Waals surface area contributed by atoms with Crippen molar-refractivity contribution in [2.75, 3.05) is 14.7 Å². The topological polar surface area (TPSA) is 9.72 Å². The van der Waals surface area contributed by atoms with Crippen molar-refractivity contribution in [1.29, 1.82) is 0 Å². The highest BCUT2D eigenvalue weighted by Crippen LogP contribution is 2.54. The first-order valence-electron chi connectivity index (χ1n) is 26.9. The molecule has 0 unspecified atom stereocenters. The van der Waals surface area contributed by atoms with Gasteiger partial charge in [0.05, 0.1) is 11.4 Å². The molecule has 5 heteroatoms. The maximum absolute atomic E-state index is 2.68. The molecule has 7 aromatic carbocycles. The zero-order valence-electron chi connectivity index (χ0n) is 46.6. The molecule has 11 rings (SSSR count). The number of rotatable bonds is 5. The molecule has 0 radical (unpaired) electrons. The lowest BCUT2D eigenvalue weighted by molar-refractivity contribution is 0.332. The fourth-order valence-corrected chi connectivity index (χ4v) is 13.3. The van der Waals surface area contributed by atoms with E-state index in [-0.39, 0.29) is 39.2 Å². The van der Waals surface area contributed by atoms with Gasteiger partial charge in [-0.1, -0.05) is 178 Å². The van der Waals surface area contributed by atoms with Gasteiger partial charge in [0.25, 0.3) is 6.71 Å². The summed E-state index contributed by atoms with van der Waals surface area (Å²) in [6, 6.07) is 56.8. The molecule has 0 N–H and O–H groups in total. The fourth-order valence-electron chi connectivity index (χ4n) is 12.0. The molecule has 73 heavy (non-hydrogen) atoms. The minimum Gasteiger partial charge on any atom is -0.311 e. The van der Waals surface area contributed by atoms with E-state index in [1.54, 1.807) is 0 Å². The van der Waals surface area contributed by atoms with Gasteiger partial charge in [-0.2, -0.15) is 0 Å². The average molecular weight is 978 g/mol. The molecule has 0 bridgehead atoms. The van der Waals surface area contributed by atoms with Crippen molar-refractivity contribution < 1.29 is 0 Å². The number of thiophene rings is 1. The molecule has 2 aliphatic heterocycles. The van der Waals surface area contributed by atoms with Crippen LogP contribution >= 0.6 is 11.3 Å². The number of hydrogen-bond donors (Lipinski definition) is 0. The second-order valence-electron chi connectivity index (χ2n) is 27.1. The van der Waals surface area contributed by atoms with Crippen LogP contribution in [0.1, 0.15) is 157 Å². The molecule has 1 aliphatic carbocycles. The molecule has 0 fully saturated rings. The van der Waals surface area contributed by atoms with Gasteiger partial charge in [0.2, 0.25) is 0 Å². The highest BCUT2D eigenvalue weighted by atomic mass is 32.1. The molecule has 0 saturated carbocycles. The Bertz CT molecular complexity index is 3370. The van der Waals surface area contributed by atoms with E-state index in [2.05, 4.69) is 271 Å². The van der Waals surface area contributed by atoms with Gasteiger partial charge in [-0.05, 0) is 169 Å². The normalized spacial score (nSPS) is 16.0. The van der Waals surface area contributed by atoms with Gasteiger partial charge < -0.3 is 14.7 Å². The van der Waals surface area contributed by atoms with Crippen LogP contribution in [0.25, 0.3) is 10.1 Å². The highest BCUT2D eigenvalue weighted by molar-refractivity contribution is 7.33. The summed E-state index contributed by atoms with van der Waals surface area (Å²) in [5.41, 5.74) is 21.8. The largest absolute Gasteiger partial charge is 0.311 e. The monoisotopic (exact) mass is 978 g/mol. The fraction of sp³-hybridized carbons (Fsp3) is 0.353. The summed E-state index contributed by atoms with van der Waals surface area (Å²) in [6.07, 6.45) is 2.35. The Kier molecular flexibility index (Phi) is 11.3. The molecule has 0 atom stereocenters. The molecule has 0 spiro atoms. The molecule has 372 valence electrons. The Balaban J connectivity index is 1.33. The maximum Gasteiger partial charge on any atom is 0.264 e. The van der Waals surface area contributed by atoms with Crippen LogP contribution in [-0.2, 0) is 32.5 Å². The molecule has 3 heterocycles. The van der Waals surface area contributed by atoms with Gasteiger partial charge in [0.15, 0.2) is 0 Å². The molecule has 0 amide bonds. The quantitative estimate of drug-likeness (QED) is 0.159. The zero-order chi connectivity index (χ0) is 51.9. The van der Waals surface area contributed by atoms with Crippen LogP contribution in [0.15, 0.2) is 146 Å². The van der Waals surface area contributed by atoms with Crippen molar-refractivity contribution in [3.63, 3.8) is 0 Å². The van der Waals surface area contributed by atoms with Gasteiger partial charge in [0, 0.05) is 54.7 Å². The summed E-state index contributed by atoms with van der Waals surface area (Å²) >= 11 is 2.03. The first kappa shape index (κ1) is 49.2. The average Bonchev–Trinajstić information content (AvgIpc) is 3.70. The lowest BCUT2D eigenvalue weighted by atomic mass is 9.36. The SMILES string of the molecule is CC(C)(C)c1ccc(N2c3cc(N(c4ccccc4)c4ccccc4)cc4c3B(c3ccc(C(C)(C)C)cc3N4c3cc(C(C)(C)C)cc(C(C)(C)C)c3)c3sc4cc5c(cc4c32)C(C)(C)CCC5(C)C)cc1. The molecule has 8 aromatic rings. The van der Waals surface area contributed by atoms with Gasteiger partial charge >= 0.3 is 0 Å². The molecule has 0 saturated heterocycles. The zero-order valence-corrected chi connectivity index (χ0v) is 47.4. The molecule has 1 aromatic heterocycles. The van der Waals surface area contributed by atoms with Gasteiger partial charge in [0.1, 0.15) is 0 Å². The van der Waals surface area contributed by atoms with Crippen LogP contribution in [0.4, 0.5) is 51.2 Å². The van der Waals surface area contributed by atoms with Gasteiger partial charge in [-0.15, -0.1) is 11.3 Å². The minimum atomic E-state index is -0.0760. The summed E-state index contributed by atoms with van der Waals surface area (Å²) in [7, 11) is 0. The van der Waals surface area contributed by atoms with E-state index in [9.17, 15) is 0 Å². The predicted octanol–water partition coefficient (Wildman–Crippen LogP) is 18.0. The van der Waals surface area contributed by atoms with E-state index in [0.717, 1.165) is 17.1 Å². The predicted molar refractivity (Wildman–Crippen MR) is 321 cm³/mol. The van der Waals surface area contributed by atoms with Crippen LogP contribution < -0.4 is 30.4 Å². The van der Waals surface area contributed by atoms with Crippen molar-refractivity contribution >= 4 is 95.0 Å². The minimum absolute atomic E-state index is 0.00958. The summed E-state index contributed by atoms with van der Waals surface area (Å²) in [5.74, 6) is 0. The van der Waals surface area contributed by atoms with Crippen molar-refractivity contribution in [2.45, 2.75) is 156 Å². The maximum atomic E-state index is 2.68. The Labute approximate surface area is 442 Å². The summed E-state index contributed by atoms with van der Waals surface area (Å²) in [5, 5.41) is 1.35. The standard InChI is InChI=1S/C68H76BN3S/c1-63(2,3)43-27-30-49(31-28-43)72-58-40-51(70(47-23-19-17-20-24-47)48-25-21-18-22-26-48)39-57-60(58)69(62-61(72)52-41-53-54(42-59(52)73-62)68(15,16)34-33-67(53,13)14)55-32-29-44(64(4,5)6)38-56(55)71(57)50-36-45(65(7,8)9)35-46(37-50)66(10,11)12/h17-32,35-42H,33-34H2,1-16H3. The molecule has 3 aliphatic rings. The number of hydrogen-bond acceptors (Lipinski definition) is 4. The van der Waals surface area contributed by atoms with Gasteiger partial charge in [-0.3, -0.25) is 0 Å². The number of nitrogens with zero attached hydrogens (tertiary/aromatic N) is 3. The molecular formula is C68H76BN3S. The van der Waals surface area contributed by atoms with E-state index in [4.69, 9.17) is 0 Å². The third-order valence-electron chi connectivity index (χ3n) is 16.7. The number of para-hydroxylation sites is 2. The third kappa shape index (κ3) is 8.33. The van der Waals surface area contributed by atoms with E-state index in [0.29, 0.717) is 0 Å². The van der Waals surface area contributed by atoms with Gasteiger partial charge in [-0.25, -0.2) is 0 Å². The Morgan fingerprint density at radius 3 is 1.47 bits per heavy atom. The smallest absolute Gasteiger partial charge is 0.264 e. The van der Waals surface area contributed by atoms with Crippen LogP contribution in [0.3, 0.4) is 0 Å². The van der Waals surface area contributed by atoms with Crippen LogP contribution in [0.2, 0.25) is 0 Å². The molecular weight excluding hydrogens is 902 g/mol. The van der Waals surface area contributed by atoms with Crippen molar-refractivity contribution in [1.82, 2.24) is 0 Å². The van der Waals surface area contributed by atoms with E-state index in [1.807, 2.05) is 11.3 Å². The number of benzene rings is 7. The first-order chi connectivity index (χ1) is 34.2. The third-order valence-corrected chi connectivity index (χ3v) is 17.9. The molecule has 3 nitrogen and oxygen atoms in total. The number of fused-ring (bicyclic) bond motifs is 7. The number of anilines is 9. The first-order valence-corrected chi connectivity index (χ1v) is 27.7. The van der Waals surface area contributed by atoms with E-state index in [1.165, 1.54) is 106 Å². The second-order valence-corrected chi connectivity index (χ2v) is 28.2. The van der Waals surface area contributed by atoms with Crippen LogP contribution in [0, 0.1) is 0 Å². The highest BCUT2D eigenvalue weighted by Gasteiger charge is 2.47. The van der Waals surface area contributed by atoms with E-state index < -0.39 is 0 Å². The van der Waals surface area contributed by atoms with E-state index >= 15 is 0 Å². The summed E-state index contributed by atoms with van der Waals surface area (Å²) in [4.78, 5) is 7.82. The van der Waals surface area contributed by atoms with Crippen LogP contribution in [-0.4, -0.2) is 6.71 Å². The Hall–Kier alpha value is -6.04. The summed E-state index contributed by atoms with van der Waals surface area (Å²) < 4.78 is 2.79. The second kappa shape index (κ2) is 16.7. The Morgan fingerprint density at radius 1 is 0.452 bits per heavy atom. The van der Waals surface area contributed by atoms with Crippen molar-refractivity contribution in [3.05, 3.63) is 179 Å². The van der Waals surface area contributed by atoms with Crippen molar-refractivity contribution in [3.8, 4) is 0 Å².